The molecule has 1 aliphatic carbocycles. The Morgan fingerprint density at radius 3 is 2.84 bits per heavy atom. The number of fused-ring (bicyclic) bond motifs is 1. The standard InChI is InChI=1S/C20H26N4O/c25-19(17-12-20(17)5-8-21-9-6-20)24-10-3-14(4-11-24)16-13-23-18-15(16)2-1-7-22-18/h1-2,7,13-14,17,21H,3-6,8-12H2,(H,22,23). The van der Waals surface area contributed by atoms with Crippen LogP contribution in [0.15, 0.2) is 24.5 Å². The number of hydrogen-bond acceptors (Lipinski definition) is 3. The first-order valence-electron chi connectivity index (χ1n) is 9.68. The lowest BCUT2D eigenvalue weighted by molar-refractivity contribution is -0.134. The van der Waals surface area contributed by atoms with Crippen LogP contribution in [0.3, 0.4) is 0 Å². The zero-order valence-electron chi connectivity index (χ0n) is 14.6. The number of carbonyl (C=O) groups excluding carboxylic acids is 1. The average Bonchev–Trinajstić information content (AvgIpc) is 3.17. The largest absolute Gasteiger partial charge is 0.346 e. The van der Waals surface area contributed by atoms with Gasteiger partial charge in [0.2, 0.25) is 5.91 Å². The third-order valence-corrected chi connectivity index (χ3v) is 6.82. The van der Waals surface area contributed by atoms with Crippen LogP contribution in [0.2, 0.25) is 0 Å². The van der Waals surface area contributed by atoms with Crippen molar-refractivity contribution in [2.45, 2.75) is 38.0 Å². The van der Waals surface area contributed by atoms with Gasteiger partial charge in [-0.15, -0.1) is 0 Å². The minimum Gasteiger partial charge on any atom is -0.346 e. The highest BCUT2D eigenvalue weighted by molar-refractivity contribution is 5.83. The van der Waals surface area contributed by atoms with E-state index in [0.717, 1.165) is 51.1 Å². The van der Waals surface area contributed by atoms with E-state index in [1.54, 1.807) is 0 Å². The molecule has 1 atom stereocenters. The van der Waals surface area contributed by atoms with Crippen LogP contribution in [0, 0.1) is 11.3 Å². The molecule has 132 valence electrons. The van der Waals surface area contributed by atoms with Gasteiger partial charge in [0, 0.05) is 36.8 Å². The van der Waals surface area contributed by atoms with Gasteiger partial charge in [0.15, 0.2) is 0 Å². The zero-order chi connectivity index (χ0) is 16.9. The quantitative estimate of drug-likeness (QED) is 0.885. The summed E-state index contributed by atoms with van der Waals surface area (Å²) in [7, 11) is 0. The highest BCUT2D eigenvalue weighted by Gasteiger charge is 2.58. The molecule has 1 spiro atoms. The molecule has 2 aliphatic heterocycles. The molecule has 2 aromatic rings. The number of rotatable bonds is 2. The lowest BCUT2D eigenvalue weighted by atomic mass is 9.88. The van der Waals surface area contributed by atoms with Crippen molar-refractivity contribution in [3.8, 4) is 0 Å². The van der Waals surface area contributed by atoms with Gasteiger partial charge in [0.25, 0.3) is 0 Å². The van der Waals surface area contributed by atoms with Gasteiger partial charge in [-0.25, -0.2) is 4.98 Å². The second kappa shape index (κ2) is 5.84. The van der Waals surface area contributed by atoms with Crippen molar-refractivity contribution in [3.05, 3.63) is 30.1 Å². The smallest absolute Gasteiger partial charge is 0.226 e. The number of piperidine rings is 2. The monoisotopic (exact) mass is 338 g/mol. The van der Waals surface area contributed by atoms with Crippen LogP contribution in [-0.2, 0) is 4.79 Å². The number of aromatic amines is 1. The Kier molecular flexibility index (Phi) is 3.59. The van der Waals surface area contributed by atoms with Gasteiger partial charge in [-0.2, -0.15) is 0 Å². The molecule has 1 amide bonds. The van der Waals surface area contributed by atoms with E-state index in [-0.39, 0.29) is 0 Å². The Hall–Kier alpha value is -1.88. The first-order chi connectivity index (χ1) is 12.3. The van der Waals surface area contributed by atoms with Crippen molar-refractivity contribution < 1.29 is 4.79 Å². The van der Waals surface area contributed by atoms with E-state index in [1.807, 2.05) is 12.3 Å². The van der Waals surface area contributed by atoms with E-state index < -0.39 is 0 Å². The van der Waals surface area contributed by atoms with Gasteiger partial charge < -0.3 is 15.2 Å². The fraction of sp³-hybridized carbons (Fsp3) is 0.600. The number of likely N-dealkylation sites (tertiary alicyclic amines) is 1. The van der Waals surface area contributed by atoms with Crippen LogP contribution in [0.4, 0.5) is 0 Å². The molecule has 2 saturated heterocycles. The fourth-order valence-corrected chi connectivity index (χ4v) is 5.12. The van der Waals surface area contributed by atoms with Gasteiger partial charge in [0.05, 0.1) is 0 Å². The summed E-state index contributed by atoms with van der Waals surface area (Å²) in [5.74, 6) is 1.28. The molecule has 1 unspecified atom stereocenters. The van der Waals surface area contributed by atoms with E-state index in [1.165, 1.54) is 23.8 Å². The molecule has 3 aliphatic rings. The van der Waals surface area contributed by atoms with Crippen LogP contribution < -0.4 is 5.32 Å². The third-order valence-electron chi connectivity index (χ3n) is 6.82. The van der Waals surface area contributed by atoms with Crippen molar-refractivity contribution in [1.82, 2.24) is 20.2 Å². The fourth-order valence-electron chi connectivity index (χ4n) is 5.12. The normalized spacial score (nSPS) is 26.2. The summed E-state index contributed by atoms with van der Waals surface area (Å²) in [5.41, 5.74) is 2.69. The second-order valence-electron chi connectivity index (χ2n) is 8.11. The minimum absolute atomic E-state index is 0.309. The van der Waals surface area contributed by atoms with Gasteiger partial charge in [-0.1, -0.05) is 0 Å². The highest BCUT2D eigenvalue weighted by atomic mass is 16.2. The van der Waals surface area contributed by atoms with Crippen molar-refractivity contribution in [2.24, 2.45) is 11.3 Å². The zero-order valence-corrected chi connectivity index (χ0v) is 14.6. The molecule has 2 N–H and O–H groups in total. The molecule has 4 heterocycles. The van der Waals surface area contributed by atoms with Crippen molar-refractivity contribution in [2.75, 3.05) is 26.2 Å². The van der Waals surface area contributed by atoms with Crippen molar-refractivity contribution in [1.29, 1.82) is 0 Å². The first kappa shape index (κ1) is 15.4. The lowest BCUT2D eigenvalue weighted by Crippen LogP contribution is -2.40. The maximum atomic E-state index is 12.9. The molecule has 25 heavy (non-hydrogen) atoms. The summed E-state index contributed by atoms with van der Waals surface area (Å²) in [6.07, 6.45) is 9.57. The van der Waals surface area contributed by atoms with Crippen LogP contribution in [0.25, 0.3) is 11.0 Å². The third kappa shape index (κ3) is 2.56. The molecular formula is C20H26N4O. The second-order valence-corrected chi connectivity index (χ2v) is 8.11. The van der Waals surface area contributed by atoms with E-state index in [0.29, 0.717) is 23.2 Å². The van der Waals surface area contributed by atoms with Gasteiger partial charge in [-0.3, -0.25) is 4.79 Å². The Bertz CT molecular complexity index is 784. The Morgan fingerprint density at radius 1 is 1.24 bits per heavy atom. The average molecular weight is 338 g/mol. The Morgan fingerprint density at radius 2 is 2.04 bits per heavy atom. The molecule has 0 aromatic carbocycles. The molecule has 5 rings (SSSR count). The molecule has 2 aromatic heterocycles. The summed E-state index contributed by atoms with van der Waals surface area (Å²) in [4.78, 5) is 22.8. The Balaban J connectivity index is 1.24. The molecule has 0 bridgehead atoms. The summed E-state index contributed by atoms with van der Waals surface area (Å²) >= 11 is 0. The number of carbonyl (C=O) groups is 1. The molecule has 1 saturated carbocycles. The number of hydrogen-bond donors (Lipinski definition) is 2. The molecule has 5 nitrogen and oxygen atoms in total. The van der Waals surface area contributed by atoms with Gasteiger partial charge in [-0.05, 0) is 74.2 Å². The predicted octanol–water partition coefficient (Wildman–Crippen LogP) is 2.66. The number of aromatic nitrogens is 2. The summed E-state index contributed by atoms with van der Waals surface area (Å²) in [5, 5.41) is 4.66. The number of pyridine rings is 1. The molecule has 5 heteroatoms. The highest BCUT2D eigenvalue weighted by Crippen LogP contribution is 2.59. The summed E-state index contributed by atoms with van der Waals surface area (Å²) < 4.78 is 0. The topological polar surface area (TPSA) is 61.0 Å². The number of amides is 1. The van der Waals surface area contributed by atoms with Gasteiger partial charge >= 0.3 is 0 Å². The predicted molar refractivity (Wildman–Crippen MR) is 97.3 cm³/mol. The Labute approximate surface area is 148 Å². The van der Waals surface area contributed by atoms with Gasteiger partial charge in [0.1, 0.15) is 5.65 Å². The van der Waals surface area contributed by atoms with Crippen LogP contribution in [0.1, 0.15) is 43.6 Å². The van der Waals surface area contributed by atoms with E-state index >= 15 is 0 Å². The van der Waals surface area contributed by atoms with Crippen LogP contribution in [0.5, 0.6) is 0 Å². The van der Waals surface area contributed by atoms with E-state index in [2.05, 4.69) is 32.4 Å². The minimum atomic E-state index is 0.309. The lowest BCUT2D eigenvalue weighted by Gasteiger charge is -2.33. The van der Waals surface area contributed by atoms with Crippen LogP contribution in [-0.4, -0.2) is 47.0 Å². The van der Waals surface area contributed by atoms with Crippen molar-refractivity contribution in [3.63, 3.8) is 0 Å². The summed E-state index contributed by atoms with van der Waals surface area (Å²) in [6, 6.07) is 4.15. The van der Waals surface area contributed by atoms with E-state index in [9.17, 15) is 4.79 Å². The molecular weight excluding hydrogens is 312 g/mol. The van der Waals surface area contributed by atoms with E-state index in [4.69, 9.17) is 0 Å². The number of H-pyrrole nitrogens is 1. The SMILES string of the molecule is O=C(C1CC12CCNCC2)N1CCC(c2c[nH]c3ncccc23)CC1. The first-order valence-corrected chi connectivity index (χ1v) is 9.68. The molecule has 0 radical (unpaired) electrons. The van der Waals surface area contributed by atoms with Crippen LogP contribution >= 0.6 is 0 Å². The summed E-state index contributed by atoms with van der Waals surface area (Å²) in [6.45, 7) is 3.98. The maximum absolute atomic E-state index is 12.9. The van der Waals surface area contributed by atoms with Crippen molar-refractivity contribution >= 4 is 16.9 Å². The molecule has 3 fully saturated rings. The number of nitrogens with one attached hydrogen (secondary N) is 2. The maximum Gasteiger partial charge on any atom is 0.226 e. The number of nitrogens with zero attached hydrogens (tertiary/aromatic N) is 2.